The van der Waals surface area contributed by atoms with Gasteiger partial charge in [0.1, 0.15) is 0 Å². The molecule has 14 heavy (non-hydrogen) atoms. The molecule has 2 rings (SSSR count). The van der Waals surface area contributed by atoms with Crippen LogP contribution in [0.3, 0.4) is 0 Å². The highest BCUT2D eigenvalue weighted by atomic mass is 32.2. The second kappa shape index (κ2) is 4.65. The number of thioether (sulfide) groups is 1. The minimum Gasteiger partial charge on any atom is -0.282 e. The number of benzene rings is 1. The van der Waals surface area contributed by atoms with Crippen LogP contribution >= 0.6 is 11.8 Å². The number of hydrogen-bond donors (Lipinski definition) is 0. The van der Waals surface area contributed by atoms with E-state index in [0.29, 0.717) is 5.92 Å². The monoisotopic (exact) mass is 205 g/mol. The van der Waals surface area contributed by atoms with Crippen molar-refractivity contribution in [2.45, 2.75) is 13.3 Å². The van der Waals surface area contributed by atoms with Crippen LogP contribution in [0.1, 0.15) is 12.5 Å². The fraction of sp³-hybridized carbons (Fsp3) is 0.417. The molecule has 0 N–H and O–H groups in total. The lowest BCUT2D eigenvalue weighted by Crippen LogP contribution is -2.08. The van der Waals surface area contributed by atoms with Crippen LogP contribution in [0.5, 0.6) is 0 Å². The van der Waals surface area contributed by atoms with Gasteiger partial charge in [-0.05, 0) is 12.0 Å². The zero-order valence-corrected chi connectivity index (χ0v) is 9.26. The highest BCUT2D eigenvalue weighted by Gasteiger charge is 2.15. The molecule has 1 aromatic carbocycles. The van der Waals surface area contributed by atoms with E-state index in [1.807, 2.05) is 11.8 Å². The summed E-state index contributed by atoms with van der Waals surface area (Å²) in [5.41, 5.74) is 1.41. The maximum Gasteiger partial charge on any atom is 0.0708 e. The summed E-state index contributed by atoms with van der Waals surface area (Å²) in [5, 5.41) is 1.34. The summed E-state index contributed by atoms with van der Waals surface area (Å²) >= 11 is 1.92. The first kappa shape index (κ1) is 9.78. The fourth-order valence-corrected chi connectivity index (χ4v) is 2.65. The number of nitrogens with zero attached hydrogens (tertiary/aromatic N) is 1. The summed E-state index contributed by atoms with van der Waals surface area (Å²) < 4.78 is 0. The normalized spacial score (nSPS) is 17.9. The second-order valence-corrected chi connectivity index (χ2v) is 4.77. The van der Waals surface area contributed by atoms with E-state index in [9.17, 15) is 0 Å². The first-order valence-corrected chi connectivity index (χ1v) is 6.06. The third-order valence-corrected chi connectivity index (χ3v) is 3.63. The van der Waals surface area contributed by atoms with E-state index in [-0.39, 0.29) is 0 Å². The third kappa shape index (κ3) is 2.38. The van der Waals surface area contributed by atoms with Crippen LogP contribution in [-0.4, -0.2) is 17.3 Å². The Morgan fingerprint density at radius 3 is 2.79 bits per heavy atom. The summed E-state index contributed by atoms with van der Waals surface area (Å²) in [6.07, 6.45) is 1.12. The largest absolute Gasteiger partial charge is 0.282 e. The Bertz CT molecular complexity index is 318. The van der Waals surface area contributed by atoms with Crippen molar-refractivity contribution < 1.29 is 0 Å². The smallest absolute Gasteiger partial charge is 0.0708 e. The van der Waals surface area contributed by atoms with Gasteiger partial charge in [0.05, 0.1) is 5.04 Å². The van der Waals surface area contributed by atoms with Crippen LogP contribution in [0.25, 0.3) is 0 Å². The van der Waals surface area contributed by atoms with Gasteiger partial charge in [0.25, 0.3) is 0 Å². The highest BCUT2D eigenvalue weighted by molar-refractivity contribution is 8.14. The molecule has 1 nitrogen and oxygen atoms in total. The minimum atomic E-state index is 0.588. The first-order chi connectivity index (χ1) is 6.86. The second-order valence-electron chi connectivity index (χ2n) is 3.66. The zero-order valence-electron chi connectivity index (χ0n) is 8.44. The van der Waals surface area contributed by atoms with E-state index in [0.717, 1.165) is 13.0 Å². The van der Waals surface area contributed by atoms with E-state index in [1.165, 1.54) is 16.4 Å². The van der Waals surface area contributed by atoms with Crippen LogP contribution in [-0.2, 0) is 6.42 Å². The predicted molar refractivity (Wildman–Crippen MR) is 64.1 cm³/mol. The third-order valence-electron chi connectivity index (χ3n) is 2.42. The molecule has 1 aliphatic rings. The molecule has 1 unspecified atom stereocenters. The average Bonchev–Trinajstić information content (AvgIpc) is 2.72. The Hall–Kier alpha value is -0.760. The maximum absolute atomic E-state index is 4.51. The van der Waals surface area contributed by atoms with Gasteiger partial charge in [0.2, 0.25) is 0 Å². The lowest BCUT2D eigenvalue weighted by atomic mass is 10.0. The Morgan fingerprint density at radius 1 is 1.36 bits per heavy atom. The van der Waals surface area contributed by atoms with Gasteiger partial charge in [-0.2, -0.15) is 0 Å². The predicted octanol–water partition coefficient (Wildman–Crippen LogP) is 3.01. The first-order valence-electron chi connectivity index (χ1n) is 5.07. The van der Waals surface area contributed by atoms with Crippen LogP contribution < -0.4 is 0 Å². The van der Waals surface area contributed by atoms with Crippen molar-refractivity contribution >= 4 is 16.8 Å². The van der Waals surface area contributed by atoms with Crippen LogP contribution in [0.15, 0.2) is 35.3 Å². The summed E-state index contributed by atoms with van der Waals surface area (Å²) in [7, 11) is 0. The molecule has 0 saturated carbocycles. The van der Waals surface area contributed by atoms with E-state index in [2.05, 4.69) is 42.2 Å². The van der Waals surface area contributed by atoms with E-state index < -0.39 is 0 Å². The molecule has 0 spiro atoms. The van der Waals surface area contributed by atoms with Crippen molar-refractivity contribution in [2.75, 3.05) is 12.3 Å². The molecule has 0 radical (unpaired) electrons. The van der Waals surface area contributed by atoms with Crippen LogP contribution in [0.2, 0.25) is 0 Å². The maximum atomic E-state index is 4.51. The Balaban J connectivity index is 1.97. The van der Waals surface area contributed by atoms with E-state index in [1.54, 1.807) is 0 Å². The van der Waals surface area contributed by atoms with Gasteiger partial charge in [-0.25, -0.2) is 0 Å². The molecule has 74 valence electrons. The molecule has 1 heterocycles. The summed E-state index contributed by atoms with van der Waals surface area (Å²) in [5.74, 6) is 1.76. The highest BCUT2D eigenvalue weighted by Crippen LogP contribution is 2.21. The topological polar surface area (TPSA) is 12.4 Å². The molecule has 0 aromatic heterocycles. The van der Waals surface area contributed by atoms with Gasteiger partial charge < -0.3 is 0 Å². The molecule has 1 aromatic rings. The van der Waals surface area contributed by atoms with Crippen molar-refractivity contribution in [1.29, 1.82) is 0 Å². The zero-order chi connectivity index (χ0) is 9.80. The molecular weight excluding hydrogens is 190 g/mol. The van der Waals surface area contributed by atoms with Crippen molar-refractivity contribution in [3.63, 3.8) is 0 Å². The van der Waals surface area contributed by atoms with Crippen molar-refractivity contribution in [1.82, 2.24) is 0 Å². The molecule has 0 amide bonds. The van der Waals surface area contributed by atoms with Crippen molar-refractivity contribution in [3.05, 3.63) is 35.9 Å². The average molecular weight is 205 g/mol. The summed E-state index contributed by atoms with van der Waals surface area (Å²) in [6.45, 7) is 3.28. The van der Waals surface area contributed by atoms with Gasteiger partial charge in [-0.15, -0.1) is 11.8 Å². The van der Waals surface area contributed by atoms with Crippen molar-refractivity contribution in [3.8, 4) is 0 Å². The van der Waals surface area contributed by atoms with Gasteiger partial charge >= 0.3 is 0 Å². The molecule has 0 fully saturated rings. The molecule has 0 aliphatic carbocycles. The number of aliphatic imine (C=N–C) groups is 1. The lowest BCUT2D eigenvalue weighted by Gasteiger charge is -2.10. The van der Waals surface area contributed by atoms with E-state index in [4.69, 9.17) is 0 Å². The lowest BCUT2D eigenvalue weighted by molar-refractivity contribution is 0.776. The Labute approximate surface area is 89.6 Å². The van der Waals surface area contributed by atoms with Crippen LogP contribution in [0, 0.1) is 5.92 Å². The fourth-order valence-electron chi connectivity index (χ4n) is 1.70. The molecule has 1 atom stereocenters. The molecule has 2 heteroatoms. The van der Waals surface area contributed by atoms with Gasteiger partial charge in [0.15, 0.2) is 0 Å². The number of hydrogen-bond acceptors (Lipinski definition) is 2. The summed E-state index contributed by atoms with van der Waals surface area (Å²) in [6, 6.07) is 10.7. The van der Waals surface area contributed by atoms with Gasteiger partial charge in [-0.1, -0.05) is 37.3 Å². The Morgan fingerprint density at radius 2 is 2.14 bits per heavy atom. The quantitative estimate of drug-likeness (QED) is 0.739. The summed E-state index contributed by atoms with van der Waals surface area (Å²) in [4.78, 5) is 4.51. The molecular formula is C12H15NS. The van der Waals surface area contributed by atoms with Gasteiger partial charge in [-0.3, -0.25) is 4.99 Å². The van der Waals surface area contributed by atoms with Crippen molar-refractivity contribution in [2.24, 2.45) is 10.9 Å². The molecule has 0 saturated heterocycles. The van der Waals surface area contributed by atoms with Crippen LogP contribution in [0.4, 0.5) is 0 Å². The SMILES string of the molecule is CC(Cc1ccccc1)C1=NCCS1. The standard InChI is InChI=1S/C12H15NS/c1-10(12-13-7-8-14-12)9-11-5-3-2-4-6-11/h2-6,10H,7-9H2,1H3. The Kier molecular flexibility index (Phi) is 3.25. The van der Waals surface area contributed by atoms with Gasteiger partial charge in [0, 0.05) is 18.2 Å². The molecule has 1 aliphatic heterocycles. The minimum absolute atomic E-state index is 0.588. The number of rotatable bonds is 3. The van der Waals surface area contributed by atoms with E-state index >= 15 is 0 Å². The molecule has 0 bridgehead atoms.